The summed E-state index contributed by atoms with van der Waals surface area (Å²) in [5.41, 5.74) is 2.40. The maximum absolute atomic E-state index is 12.4. The molecule has 0 saturated heterocycles. The van der Waals surface area contributed by atoms with Crippen LogP contribution < -0.4 is 10.2 Å². The van der Waals surface area contributed by atoms with Crippen LogP contribution >= 0.6 is 15.9 Å². The van der Waals surface area contributed by atoms with Crippen LogP contribution in [0.3, 0.4) is 0 Å². The van der Waals surface area contributed by atoms with Gasteiger partial charge in [-0.15, -0.1) is 0 Å². The van der Waals surface area contributed by atoms with E-state index in [1.165, 1.54) is 0 Å². The van der Waals surface area contributed by atoms with Crippen molar-refractivity contribution in [2.75, 3.05) is 10.2 Å². The van der Waals surface area contributed by atoms with Gasteiger partial charge in [-0.2, -0.15) is 0 Å². The van der Waals surface area contributed by atoms with Crippen molar-refractivity contribution in [3.8, 4) is 0 Å². The van der Waals surface area contributed by atoms with Crippen LogP contribution in [0.25, 0.3) is 0 Å². The Kier molecular flexibility index (Phi) is 5.00. The van der Waals surface area contributed by atoms with E-state index in [4.69, 9.17) is 0 Å². The third-order valence-electron chi connectivity index (χ3n) is 3.97. The number of carbonyl (C=O) groups is 2. The minimum atomic E-state index is -0.0935. The molecule has 0 aromatic heterocycles. The van der Waals surface area contributed by atoms with Gasteiger partial charge in [0.25, 0.3) is 0 Å². The lowest BCUT2D eigenvalue weighted by molar-refractivity contribution is -0.117. The average molecular weight is 387 g/mol. The van der Waals surface area contributed by atoms with Gasteiger partial charge in [0.05, 0.1) is 17.8 Å². The summed E-state index contributed by atoms with van der Waals surface area (Å²) in [5, 5.41) is 2.95. The number of amides is 2. The van der Waals surface area contributed by atoms with E-state index in [-0.39, 0.29) is 17.9 Å². The van der Waals surface area contributed by atoms with Crippen LogP contribution in [0.15, 0.2) is 53.0 Å². The Balaban J connectivity index is 1.76. The topological polar surface area (TPSA) is 49.4 Å². The van der Waals surface area contributed by atoms with Gasteiger partial charge in [-0.05, 0) is 42.7 Å². The summed E-state index contributed by atoms with van der Waals surface area (Å²) >= 11 is 3.39. The zero-order chi connectivity index (χ0) is 17.1. The van der Waals surface area contributed by atoms with Gasteiger partial charge in [0.1, 0.15) is 0 Å². The molecule has 0 heterocycles. The van der Waals surface area contributed by atoms with Crippen LogP contribution in [0.5, 0.6) is 0 Å². The second kappa shape index (κ2) is 7.18. The molecular weight excluding hydrogens is 368 g/mol. The molecule has 1 fully saturated rings. The van der Waals surface area contributed by atoms with E-state index >= 15 is 0 Å². The lowest BCUT2D eigenvalue weighted by Crippen LogP contribution is -2.31. The predicted octanol–water partition coefficient (Wildman–Crippen LogP) is 4.15. The van der Waals surface area contributed by atoms with Gasteiger partial charge >= 0.3 is 0 Å². The lowest BCUT2D eigenvalue weighted by Gasteiger charge is -2.23. The third kappa shape index (κ3) is 4.03. The van der Waals surface area contributed by atoms with Crippen molar-refractivity contribution in [3.05, 3.63) is 58.6 Å². The quantitative estimate of drug-likeness (QED) is 0.838. The maximum Gasteiger partial charge on any atom is 0.228 e. The second-order valence-corrected chi connectivity index (χ2v) is 6.90. The molecule has 3 rings (SSSR count). The van der Waals surface area contributed by atoms with Gasteiger partial charge in [0, 0.05) is 17.4 Å². The SMILES string of the molecule is CC(=O)N(c1ccccc1NC(=O)Cc1ccc(Br)cc1)C1CC1. The van der Waals surface area contributed by atoms with E-state index in [0.717, 1.165) is 28.6 Å². The number of nitrogens with zero attached hydrogens (tertiary/aromatic N) is 1. The first-order valence-electron chi connectivity index (χ1n) is 7.97. The summed E-state index contributed by atoms with van der Waals surface area (Å²) < 4.78 is 0.985. The van der Waals surface area contributed by atoms with E-state index in [1.54, 1.807) is 11.8 Å². The number of carbonyl (C=O) groups excluding carboxylic acids is 2. The number of rotatable bonds is 5. The molecule has 2 aromatic rings. The van der Waals surface area contributed by atoms with Crippen molar-refractivity contribution in [1.29, 1.82) is 0 Å². The molecule has 1 saturated carbocycles. The first kappa shape index (κ1) is 16.7. The van der Waals surface area contributed by atoms with Crippen molar-refractivity contribution >= 4 is 39.1 Å². The molecule has 5 heteroatoms. The van der Waals surface area contributed by atoms with E-state index in [2.05, 4.69) is 21.2 Å². The largest absolute Gasteiger partial charge is 0.324 e. The van der Waals surface area contributed by atoms with Crippen molar-refractivity contribution < 1.29 is 9.59 Å². The molecule has 4 nitrogen and oxygen atoms in total. The smallest absolute Gasteiger partial charge is 0.228 e. The number of halogens is 1. The predicted molar refractivity (Wildman–Crippen MR) is 99.1 cm³/mol. The molecule has 1 N–H and O–H groups in total. The zero-order valence-corrected chi connectivity index (χ0v) is 15.0. The second-order valence-electron chi connectivity index (χ2n) is 5.99. The minimum absolute atomic E-state index is 0.00658. The number of hydrogen-bond donors (Lipinski definition) is 1. The Morgan fingerprint density at radius 2 is 1.79 bits per heavy atom. The van der Waals surface area contributed by atoms with Crippen LogP contribution in [-0.2, 0) is 16.0 Å². The summed E-state index contributed by atoms with van der Waals surface area (Å²) in [7, 11) is 0. The fraction of sp³-hybridized carbons (Fsp3) is 0.263. The third-order valence-corrected chi connectivity index (χ3v) is 4.50. The number of benzene rings is 2. The van der Waals surface area contributed by atoms with Crippen LogP contribution in [0.4, 0.5) is 11.4 Å². The molecule has 1 aliphatic carbocycles. The molecule has 124 valence electrons. The van der Waals surface area contributed by atoms with E-state index < -0.39 is 0 Å². The molecular formula is C19H19BrN2O2. The highest BCUT2D eigenvalue weighted by Gasteiger charge is 2.33. The summed E-state index contributed by atoms with van der Waals surface area (Å²) in [6, 6.07) is 15.4. The van der Waals surface area contributed by atoms with Gasteiger partial charge in [-0.1, -0.05) is 40.2 Å². The van der Waals surface area contributed by atoms with Crippen molar-refractivity contribution in [3.63, 3.8) is 0 Å². The monoisotopic (exact) mass is 386 g/mol. The summed E-state index contributed by atoms with van der Waals surface area (Å²) in [6.07, 6.45) is 2.33. The first-order valence-corrected chi connectivity index (χ1v) is 8.77. The van der Waals surface area contributed by atoms with Crippen LogP contribution in [0.1, 0.15) is 25.3 Å². The molecule has 2 aromatic carbocycles. The average Bonchev–Trinajstić information content (AvgIpc) is 3.36. The van der Waals surface area contributed by atoms with Gasteiger partial charge < -0.3 is 10.2 Å². The van der Waals surface area contributed by atoms with Crippen molar-refractivity contribution in [2.45, 2.75) is 32.2 Å². The molecule has 0 spiro atoms. The van der Waals surface area contributed by atoms with Crippen molar-refractivity contribution in [2.24, 2.45) is 0 Å². The molecule has 0 unspecified atom stereocenters. The van der Waals surface area contributed by atoms with Crippen LogP contribution in [0, 0.1) is 0 Å². The molecule has 0 bridgehead atoms. The fourth-order valence-electron chi connectivity index (χ4n) is 2.73. The number of para-hydroxylation sites is 2. The Labute approximate surface area is 150 Å². The van der Waals surface area contributed by atoms with Gasteiger partial charge in [0.15, 0.2) is 0 Å². The minimum Gasteiger partial charge on any atom is -0.324 e. The molecule has 0 radical (unpaired) electrons. The fourth-order valence-corrected chi connectivity index (χ4v) is 2.99. The van der Waals surface area contributed by atoms with Crippen molar-refractivity contribution in [1.82, 2.24) is 0 Å². The highest BCUT2D eigenvalue weighted by atomic mass is 79.9. The summed E-state index contributed by atoms with van der Waals surface area (Å²) in [6.45, 7) is 1.57. The Morgan fingerprint density at radius 3 is 2.42 bits per heavy atom. The Morgan fingerprint density at radius 1 is 1.12 bits per heavy atom. The number of anilines is 2. The molecule has 1 aliphatic rings. The summed E-state index contributed by atoms with van der Waals surface area (Å²) in [5.74, 6) is -0.0869. The number of nitrogens with one attached hydrogen (secondary N) is 1. The number of hydrogen-bond acceptors (Lipinski definition) is 2. The molecule has 24 heavy (non-hydrogen) atoms. The van der Waals surface area contributed by atoms with E-state index in [9.17, 15) is 9.59 Å². The summed E-state index contributed by atoms with van der Waals surface area (Å²) in [4.78, 5) is 26.2. The molecule has 0 aliphatic heterocycles. The van der Waals surface area contributed by atoms with Crippen LogP contribution in [0.2, 0.25) is 0 Å². The van der Waals surface area contributed by atoms with Gasteiger partial charge in [-0.25, -0.2) is 0 Å². The van der Waals surface area contributed by atoms with Gasteiger partial charge in [0.2, 0.25) is 11.8 Å². The Hall–Kier alpha value is -2.14. The molecule has 2 amide bonds. The zero-order valence-electron chi connectivity index (χ0n) is 13.5. The Bertz CT molecular complexity index is 754. The van der Waals surface area contributed by atoms with E-state index in [1.807, 2.05) is 48.5 Å². The van der Waals surface area contributed by atoms with E-state index in [0.29, 0.717) is 12.1 Å². The van der Waals surface area contributed by atoms with Crippen LogP contribution in [-0.4, -0.2) is 17.9 Å². The highest BCUT2D eigenvalue weighted by Crippen LogP contribution is 2.36. The standard InChI is InChI=1S/C19H19BrN2O2/c1-13(23)22(16-10-11-16)18-5-3-2-4-17(18)21-19(24)12-14-6-8-15(20)9-7-14/h2-9,16H,10-12H2,1H3,(H,21,24). The first-order chi connectivity index (χ1) is 11.5. The lowest BCUT2D eigenvalue weighted by atomic mass is 10.1. The van der Waals surface area contributed by atoms with Gasteiger partial charge in [-0.3, -0.25) is 9.59 Å². The highest BCUT2D eigenvalue weighted by molar-refractivity contribution is 9.10. The molecule has 0 atom stereocenters. The maximum atomic E-state index is 12.4. The normalized spacial score (nSPS) is 13.4.